The van der Waals surface area contributed by atoms with Crippen LogP contribution >= 0.6 is 11.3 Å². The molecule has 2 heterocycles. The van der Waals surface area contributed by atoms with E-state index < -0.39 is 0 Å². The molecule has 0 amide bonds. The molecule has 0 aromatic carbocycles. The number of ether oxygens (including phenoxy) is 1. The maximum atomic E-state index is 5.84. The zero-order valence-electron chi connectivity index (χ0n) is 11.0. The van der Waals surface area contributed by atoms with E-state index in [1.807, 2.05) is 11.3 Å². The van der Waals surface area contributed by atoms with E-state index in [-0.39, 0.29) is 0 Å². The summed E-state index contributed by atoms with van der Waals surface area (Å²) >= 11 is 1.84. The zero-order chi connectivity index (χ0) is 12.4. The third-order valence-electron chi connectivity index (χ3n) is 3.86. The predicted molar refractivity (Wildman–Crippen MR) is 75.1 cm³/mol. The van der Waals surface area contributed by atoms with Crippen LogP contribution in [-0.2, 0) is 11.3 Å². The van der Waals surface area contributed by atoms with Crippen molar-refractivity contribution in [2.45, 2.75) is 38.5 Å². The van der Waals surface area contributed by atoms with Gasteiger partial charge in [-0.2, -0.15) is 0 Å². The molecule has 1 unspecified atom stereocenters. The molecule has 18 heavy (non-hydrogen) atoms. The summed E-state index contributed by atoms with van der Waals surface area (Å²) in [6.07, 6.45) is 3.17. The molecular formula is C14H22N2OS. The number of hydrogen-bond acceptors (Lipinski definition) is 4. The highest BCUT2D eigenvalue weighted by atomic mass is 32.1. The van der Waals surface area contributed by atoms with Crippen molar-refractivity contribution in [1.82, 2.24) is 10.2 Å². The van der Waals surface area contributed by atoms with E-state index in [4.69, 9.17) is 4.74 Å². The molecule has 2 aliphatic rings. The average molecular weight is 266 g/mol. The second kappa shape index (κ2) is 5.70. The molecule has 1 saturated heterocycles. The fourth-order valence-corrected chi connectivity index (χ4v) is 3.44. The van der Waals surface area contributed by atoms with Crippen LogP contribution in [0.1, 0.15) is 23.3 Å². The largest absolute Gasteiger partial charge is 0.374 e. The van der Waals surface area contributed by atoms with Crippen LogP contribution in [0.25, 0.3) is 0 Å². The normalized spacial score (nSPS) is 25.5. The Hall–Kier alpha value is -0.420. The second-order valence-corrected chi connectivity index (χ2v) is 6.38. The number of morpholine rings is 1. The minimum atomic E-state index is 0.375. The van der Waals surface area contributed by atoms with E-state index in [0.29, 0.717) is 6.10 Å². The van der Waals surface area contributed by atoms with Crippen molar-refractivity contribution in [3.8, 4) is 0 Å². The fraction of sp³-hybridized carbons (Fsp3) is 0.714. The Balaban J connectivity index is 1.41. The molecule has 0 spiro atoms. The summed E-state index contributed by atoms with van der Waals surface area (Å²) in [4.78, 5) is 4.05. The van der Waals surface area contributed by atoms with Gasteiger partial charge in [-0.3, -0.25) is 4.90 Å². The van der Waals surface area contributed by atoms with Crippen LogP contribution in [0.15, 0.2) is 11.4 Å². The lowest BCUT2D eigenvalue weighted by atomic mass is 10.2. The molecule has 1 aromatic heterocycles. The van der Waals surface area contributed by atoms with Gasteiger partial charge in [0.2, 0.25) is 0 Å². The van der Waals surface area contributed by atoms with Crippen molar-refractivity contribution in [2.24, 2.45) is 0 Å². The van der Waals surface area contributed by atoms with Crippen LogP contribution in [0.3, 0.4) is 0 Å². The van der Waals surface area contributed by atoms with Gasteiger partial charge in [0, 0.05) is 37.1 Å². The van der Waals surface area contributed by atoms with Gasteiger partial charge >= 0.3 is 0 Å². The van der Waals surface area contributed by atoms with E-state index >= 15 is 0 Å². The molecule has 2 fully saturated rings. The molecule has 3 nitrogen and oxygen atoms in total. The number of nitrogens with zero attached hydrogens (tertiary/aromatic N) is 1. The van der Waals surface area contributed by atoms with E-state index in [2.05, 4.69) is 28.6 Å². The first kappa shape index (κ1) is 12.6. The molecule has 100 valence electrons. The summed E-state index contributed by atoms with van der Waals surface area (Å²) in [6.45, 7) is 7.28. The van der Waals surface area contributed by atoms with Crippen molar-refractivity contribution in [1.29, 1.82) is 0 Å². The quantitative estimate of drug-likeness (QED) is 0.882. The van der Waals surface area contributed by atoms with Crippen LogP contribution in [0, 0.1) is 6.92 Å². The van der Waals surface area contributed by atoms with Crippen molar-refractivity contribution in [2.75, 3.05) is 26.2 Å². The third kappa shape index (κ3) is 3.12. The molecule has 0 bridgehead atoms. The monoisotopic (exact) mass is 266 g/mol. The highest BCUT2D eigenvalue weighted by Gasteiger charge is 2.32. The topological polar surface area (TPSA) is 24.5 Å². The van der Waals surface area contributed by atoms with Crippen LogP contribution in [0.5, 0.6) is 0 Å². The molecule has 1 aromatic rings. The van der Waals surface area contributed by atoms with Crippen LogP contribution in [0.4, 0.5) is 0 Å². The van der Waals surface area contributed by atoms with Crippen molar-refractivity contribution in [3.05, 3.63) is 21.9 Å². The lowest BCUT2D eigenvalue weighted by molar-refractivity contribution is -0.0301. The van der Waals surface area contributed by atoms with Gasteiger partial charge in [-0.05, 0) is 36.8 Å². The molecule has 4 heteroatoms. The van der Waals surface area contributed by atoms with Crippen molar-refractivity contribution >= 4 is 11.3 Å². The summed E-state index contributed by atoms with van der Waals surface area (Å²) in [7, 11) is 0. The number of hydrogen-bond donors (Lipinski definition) is 1. The molecule has 1 aliphatic heterocycles. The Kier molecular flexibility index (Phi) is 3.99. The van der Waals surface area contributed by atoms with E-state index in [1.54, 1.807) is 0 Å². The Morgan fingerprint density at radius 2 is 2.39 bits per heavy atom. The highest BCUT2D eigenvalue weighted by Crippen LogP contribution is 2.28. The molecule has 1 N–H and O–H groups in total. The first-order chi connectivity index (χ1) is 8.83. The minimum absolute atomic E-state index is 0.375. The minimum Gasteiger partial charge on any atom is -0.374 e. The van der Waals surface area contributed by atoms with E-state index in [9.17, 15) is 0 Å². The number of rotatable bonds is 5. The van der Waals surface area contributed by atoms with Gasteiger partial charge in [0.15, 0.2) is 0 Å². The van der Waals surface area contributed by atoms with Gasteiger partial charge in [-0.15, -0.1) is 11.3 Å². The number of nitrogens with one attached hydrogen (secondary N) is 1. The Labute approximate surface area is 113 Å². The van der Waals surface area contributed by atoms with Crippen LogP contribution < -0.4 is 5.32 Å². The molecular weight excluding hydrogens is 244 g/mol. The molecule has 1 saturated carbocycles. The van der Waals surface area contributed by atoms with Crippen LogP contribution in [-0.4, -0.2) is 43.3 Å². The maximum absolute atomic E-state index is 5.84. The first-order valence-electron chi connectivity index (χ1n) is 6.92. The van der Waals surface area contributed by atoms with Crippen LogP contribution in [0.2, 0.25) is 0 Å². The molecule has 1 aliphatic carbocycles. The van der Waals surface area contributed by atoms with Gasteiger partial charge in [0.05, 0.1) is 12.7 Å². The van der Waals surface area contributed by atoms with Gasteiger partial charge in [0.25, 0.3) is 0 Å². The zero-order valence-corrected chi connectivity index (χ0v) is 11.8. The SMILES string of the molecule is Cc1ccsc1CNCC1CN(C2CC2)CCO1. The fourth-order valence-electron chi connectivity index (χ4n) is 2.57. The summed E-state index contributed by atoms with van der Waals surface area (Å²) in [6, 6.07) is 3.06. The predicted octanol–water partition coefficient (Wildman–Crippen LogP) is 2.01. The van der Waals surface area contributed by atoms with Crippen molar-refractivity contribution < 1.29 is 4.74 Å². The summed E-state index contributed by atoms with van der Waals surface area (Å²) in [5, 5.41) is 5.70. The molecule has 1 atom stereocenters. The number of aryl methyl sites for hydroxylation is 1. The molecule has 3 rings (SSSR count). The lowest BCUT2D eigenvalue weighted by Gasteiger charge is -2.33. The maximum Gasteiger partial charge on any atom is 0.0826 e. The first-order valence-corrected chi connectivity index (χ1v) is 7.80. The summed E-state index contributed by atoms with van der Waals surface area (Å²) in [5.74, 6) is 0. The average Bonchev–Trinajstić information content (AvgIpc) is 3.15. The Morgan fingerprint density at radius 3 is 3.11 bits per heavy atom. The highest BCUT2D eigenvalue weighted by molar-refractivity contribution is 7.10. The summed E-state index contributed by atoms with van der Waals surface area (Å²) < 4.78 is 5.84. The van der Waals surface area contributed by atoms with Gasteiger partial charge in [0.1, 0.15) is 0 Å². The third-order valence-corrected chi connectivity index (χ3v) is 4.88. The van der Waals surface area contributed by atoms with Crippen molar-refractivity contribution in [3.63, 3.8) is 0 Å². The van der Waals surface area contributed by atoms with E-state index in [1.165, 1.54) is 23.3 Å². The Morgan fingerprint density at radius 1 is 1.50 bits per heavy atom. The molecule has 0 radical (unpaired) electrons. The van der Waals surface area contributed by atoms with E-state index in [0.717, 1.165) is 38.8 Å². The second-order valence-electron chi connectivity index (χ2n) is 5.38. The summed E-state index contributed by atoms with van der Waals surface area (Å²) in [5.41, 5.74) is 1.40. The smallest absolute Gasteiger partial charge is 0.0826 e. The van der Waals surface area contributed by atoms with Gasteiger partial charge < -0.3 is 10.1 Å². The number of thiophene rings is 1. The standard InChI is InChI=1S/C14H22N2OS/c1-11-4-7-18-14(11)9-15-8-13-10-16(5-6-17-13)12-2-3-12/h4,7,12-13,15H,2-3,5-6,8-10H2,1H3. The van der Waals surface area contributed by atoms with Gasteiger partial charge in [-0.1, -0.05) is 0 Å². The Bertz CT molecular complexity index is 389. The van der Waals surface area contributed by atoms with Gasteiger partial charge in [-0.25, -0.2) is 0 Å². The lowest BCUT2D eigenvalue weighted by Crippen LogP contribution is -2.47.